The maximum Gasteiger partial charge on any atom is 0.416 e. The minimum atomic E-state index is -4.45. The van der Waals surface area contributed by atoms with Crippen LogP contribution in [0.1, 0.15) is 21.7 Å². The number of nitrogens with zero attached hydrogens (tertiary/aromatic N) is 2. The van der Waals surface area contributed by atoms with Crippen LogP contribution >= 0.6 is 0 Å². The van der Waals surface area contributed by atoms with E-state index in [0.29, 0.717) is 11.4 Å². The maximum absolute atomic E-state index is 12.8. The molecule has 27 heavy (non-hydrogen) atoms. The maximum atomic E-state index is 12.8. The molecule has 1 aromatic heterocycles. The highest BCUT2D eigenvalue weighted by molar-refractivity contribution is 6.03. The van der Waals surface area contributed by atoms with E-state index in [0.717, 1.165) is 12.1 Å². The Balaban J connectivity index is 1.82. The van der Waals surface area contributed by atoms with Crippen molar-refractivity contribution in [3.8, 4) is 0 Å². The predicted molar refractivity (Wildman–Crippen MR) is 95.9 cm³/mol. The van der Waals surface area contributed by atoms with Crippen LogP contribution in [-0.4, -0.2) is 15.9 Å². The highest BCUT2D eigenvalue weighted by atomic mass is 19.4. The number of carbonyl (C=O) groups excluding carboxylic acids is 1. The van der Waals surface area contributed by atoms with Gasteiger partial charge >= 0.3 is 6.18 Å². The highest BCUT2D eigenvalue weighted by Crippen LogP contribution is 2.31. The van der Waals surface area contributed by atoms with E-state index in [2.05, 4.69) is 20.6 Å². The van der Waals surface area contributed by atoms with Gasteiger partial charge in [0.15, 0.2) is 0 Å². The highest BCUT2D eigenvalue weighted by Gasteiger charge is 2.30. The molecule has 1 heterocycles. The van der Waals surface area contributed by atoms with E-state index in [9.17, 15) is 18.0 Å². The molecule has 3 aromatic rings. The predicted octanol–water partition coefficient (Wildman–Crippen LogP) is 4.80. The Bertz CT molecular complexity index is 959. The second kappa shape index (κ2) is 7.45. The van der Waals surface area contributed by atoms with E-state index in [1.165, 1.54) is 18.2 Å². The number of amides is 1. The Kier molecular flexibility index (Phi) is 5.07. The molecular weight excluding hydrogens is 357 g/mol. The summed E-state index contributed by atoms with van der Waals surface area (Å²) in [5.41, 5.74) is 0.580. The molecular formula is C19H15F3N4O. The Morgan fingerprint density at radius 3 is 2.33 bits per heavy atom. The number of rotatable bonds is 4. The first-order chi connectivity index (χ1) is 12.8. The SMILES string of the molecule is Cc1cc(C(=O)Nc2ccccc2)nc(Nc2cccc(C(F)(F)F)c2)n1. The van der Waals surface area contributed by atoms with Gasteiger partial charge in [-0.3, -0.25) is 4.79 Å². The monoisotopic (exact) mass is 372 g/mol. The van der Waals surface area contributed by atoms with Crippen molar-refractivity contribution in [2.45, 2.75) is 13.1 Å². The minimum absolute atomic E-state index is 0.0348. The van der Waals surface area contributed by atoms with E-state index in [1.807, 2.05) is 6.07 Å². The summed E-state index contributed by atoms with van der Waals surface area (Å²) in [5.74, 6) is -0.411. The fourth-order valence-electron chi connectivity index (χ4n) is 2.36. The van der Waals surface area contributed by atoms with Crippen LogP contribution in [0.25, 0.3) is 0 Å². The number of aryl methyl sites for hydroxylation is 1. The third kappa shape index (κ3) is 4.81. The summed E-state index contributed by atoms with van der Waals surface area (Å²) in [4.78, 5) is 20.6. The number of carbonyl (C=O) groups is 1. The van der Waals surface area contributed by atoms with Crippen LogP contribution in [0, 0.1) is 6.92 Å². The molecule has 0 aliphatic carbocycles. The second-order valence-electron chi connectivity index (χ2n) is 5.74. The average molecular weight is 372 g/mol. The molecule has 0 saturated carbocycles. The first-order valence-electron chi connectivity index (χ1n) is 7.97. The Morgan fingerprint density at radius 1 is 0.926 bits per heavy atom. The molecule has 0 fully saturated rings. The molecule has 0 unspecified atom stereocenters. The number of para-hydroxylation sites is 1. The lowest BCUT2D eigenvalue weighted by Crippen LogP contribution is -2.15. The Labute approximate surface area is 153 Å². The van der Waals surface area contributed by atoms with Gasteiger partial charge in [-0.25, -0.2) is 9.97 Å². The summed E-state index contributed by atoms with van der Waals surface area (Å²) in [6.45, 7) is 1.66. The quantitative estimate of drug-likeness (QED) is 0.690. The number of nitrogens with one attached hydrogen (secondary N) is 2. The Hall–Kier alpha value is -3.42. The molecule has 0 bridgehead atoms. The first-order valence-corrected chi connectivity index (χ1v) is 7.97. The van der Waals surface area contributed by atoms with Gasteiger partial charge in [0, 0.05) is 17.1 Å². The average Bonchev–Trinajstić information content (AvgIpc) is 2.61. The van der Waals surface area contributed by atoms with Crippen molar-refractivity contribution in [1.82, 2.24) is 9.97 Å². The van der Waals surface area contributed by atoms with Gasteiger partial charge in [-0.2, -0.15) is 13.2 Å². The van der Waals surface area contributed by atoms with Gasteiger partial charge in [0.1, 0.15) is 5.69 Å². The van der Waals surface area contributed by atoms with Gasteiger partial charge in [-0.15, -0.1) is 0 Å². The van der Waals surface area contributed by atoms with E-state index in [1.54, 1.807) is 31.2 Å². The van der Waals surface area contributed by atoms with Crippen molar-refractivity contribution in [3.05, 3.63) is 77.6 Å². The molecule has 0 aliphatic rings. The second-order valence-corrected chi connectivity index (χ2v) is 5.74. The first kappa shape index (κ1) is 18.4. The van der Waals surface area contributed by atoms with E-state index in [-0.39, 0.29) is 17.3 Å². The molecule has 0 atom stereocenters. The molecule has 1 amide bonds. The molecule has 0 spiro atoms. The van der Waals surface area contributed by atoms with Gasteiger partial charge in [0.25, 0.3) is 5.91 Å². The van der Waals surface area contributed by atoms with E-state index < -0.39 is 17.6 Å². The standard InChI is InChI=1S/C19H15F3N4O/c1-12-10-16(17(27)24-14-7-3-2-4-8-14)26-18(23-12)25-15-9-5-6-13(11-15)19(20,21)22/h2-11H,1H3,(H,24,27)(H,23,25,26). The zero-order valence-electron chi connectivity index (χ0n) is 14.2. The van der Waals surface area contributed by atoms with Crippen LogP contribution in [0.2, 0.25) is 0 Å². The van der Waals surface area contributed by atoms with Crippen molar-refractivity contribution in [1.29, 1.82) is 0 Å². The molecule has 2 aromatic carbocycles. The Morgan fingerprint density at radius 2 is 1.63 bits per heavy atom. The van der Waals surface area contributed by atoms with Gasteiger partial charge < -0.3 is 10.6 Å². The number of hydrogen-bond acceptors (Lipinski definition) is 4. The zero-order valence-corrected chi connectivity index (χ0v) is 14.2. The summed E-state index contributed by atoms with van der Waals surface area (Å²) in [5, 5.41) is 5.41. The van der Waals surface area contributed by atoms with Crippen LogP contribution in [0.15, 0.2) is 60.7 Å². The van der Waals surface area contributed by atoms with Crippen molar-refractivity contribution in [3.63, 3.8) is 0 Å². The van der Waals surface area contributed by atoms with Crippen LogP contribution in [0.5, 0.6) is 0 Å². The van der Waals surface area contributed by atoms with Crippen LogP contribution in [0.4, 0.5) is 30.5 Å². The summed E-state index contributed by atoms with van der Waals surface area (Å²) in [6, 6.07) is 15.0. The number of aromatic nitrogens is 2. The summed E-state index contributed by atoms with van der Waals surface area (Å²) < 4.78 is 38.5. The molecule has 2 N–H and O–H groups in total. The summed E-state index contributed by atoms with van der Waals surface area (Å²) in [7, 11) is 0. The number of anilines is 3. The number of alkyl halides is 3. The van der Waals surface area contributed by atoms with E-state index in [4.69, 9.17) is 0 Å². The number of benzene rings is 2. The van der Waals surface area contributed by atoms with Crippen LogP contribution in [0.3, 0.4) is 0 Å². The molecule has 138 valence electrons. The largest absolute Gasteiger partial charge is 0.416 e. The van der Waals surface area contributed by atoms with Crippen molar-refractivity contribution >= 4 is 23.2 Å². The normalized spacial score (nSPS) is 11.1. The lowest BCUT2D eigenvalue weighted by atomic mass is 10.2. The topological polar surface area (TPSA) is 66.9 Å². The van der Waals surface area contributed by atoms with Crippen LogP contribution < -0.4 is 10.6 Å². The smallest absolute Gasteiger partial charge is 0.324 e. The van der Waals surface area contributed by atoms with Crippen molar-refractivity contribution in [2.24, 2.45) is 0 Å². The minimum Gasteiger partial charge on any atom is -0.324 e. The van der Waals surface area contributed by atoms with Gasteiger partial charge in [-0.1, -0.05) is 24.3 Å². The fraction of sp³-hybridized carbons (Fsp3) is 0.105. The summed E-state index contributed by atoms with van der Waals surface area (Å²) in [6.07, 6.45) is -4.45. The van der Waals surface area contributed by atoms with Crippen molar-refractivity contribution < 1.29 is 18.0 Å². The number of hydrogen-bond donors (Lipinski definition) is 2. The molecule has 0 radical (unpaired) electrons. The molecule has 5 nitrogen and oxygen atoms in total. The summed E-state index contributed by atoms with van der Waals surface area (Å²) >= 11 is 0. The molecule has 3 rings (SSSR count). The molecule has 0 aliphatic heterocycles. The van der Waals surface area contributed by atoms with Gasteiger partial charge in [-0.05, 0) is 43.3 Å². The van der Waals surface area contributed by atoms with Crippen LogP contribution in [-0.2, 0) is 6.18 Å². The van der Waals surface area contributed by atoms with Crippen molar-refractivity contribution in [2.75, 3.05) is 10.6 Å². The number of halogens is 3. The zero-order chi connectivity index (χ0) is 19.4. The van der Waals surface area contributed by atoms with E-state index >= 15 is 0 Å². The molecule has 0 saturated heterocycles. The molecule has 8 heteroatoms. The van der Waals surface area contributed by atoms with Gasteiger partial charge in [0.05, 0.1) is 5.56 Å². The third-order valence-electron chi connectivity index (χ3n) is 3.56. The third-order valence-corrected chi connectivity index (χ3v) is 3.56. The fourth-order valence-corrected chi connectivity index (χ4v) is 2.36. The lowest BCUT2D eigenvalue weighted by Gasteiger charge is -2.11. The van der Waals surface area contributed by atoms with Gasteiger partial charge in [0.2, 0.25) is 5.95 Å². The lowest BCUT2D eigenvalue weighted by molar-refractivity contribution is -0.137.